The molecule has 5 nitrogen and oxygen atoms in total. The van der Waals surface area contributed by atoms with E-state index in [1.54, 1.807) is 0 Å². The van der Waals surface area contributed by atoms with Crippen molar-refractivity contribution in [3.63, 3.8) is 0 Å². The zero-order chi connectivity index (χ0) is 12.9. The van der Waals surface area contributed by atoms with Gasteiger partial charge in [-0.3, -0.25) is 4.79 Å². The molecular weight excluding hydrogens is 240 g/mol. The first-order chi connectivity index (χ1) is 7.89. The molecule has 0 aromatic rings. The van der Waals surface area contributed by atoms with Gasteiger partial charge in [0.2, 0.25) is 5.91 Å². The topological polar surface area (TPSA) is 75.3 Å². The van der Waals surface area contributed by atoms with Crippen molar-refractivity contribution in [1.29, 1.82) is 0 Å². The summed E-state index contributed by atoms with van der Waals surface area (Å²) in [5.74, 6) is -0.720. The first kappa shape index (κ1) is 14.4. The molecule has 0 aromatic heterocycles. The van der Waals surface area contributed by atoms with E-state index in [1.165, 1.54) is 12.8 Å². The van der Waals surface area contributed by atoms with Crippen molar-refractivity contribution in [3.05, 3.63) is 0 Å². The molecule has 0 heterocycles. The number of rotatable bonds is 8. The van der Waals surface area contributed by atoms with E-state index >= 15 is 0 Å². The maximum Gasteiger partial charge on any atom is 0.235 e. The van der Waals surface area contributed by atoms with Crippen LogP contribution in [0.5, 0.6) is 0 Å². The fourth-order valence-electron chi connectivity index (χ4n) is 1.52. The number of nitrogens with one attached hydrogen (secondary N) is 2. The molecule has 100 valence electrons. The van der Waals surface area contributed by atoms with Crippen LogP contribution in [0.25, 0.3) is 0 Å². The molecule has 2 N–H and O–H groups in total. The molecule has 1 aliphatic rings. The van der Waals surface area contributed by atoms with Crippen LogP contribution in [-0.4, -0.2) is 44.5 Å². The third-order valence-electron chi connectivity index (χ3n) is 2.44. The first-order valence-corrected chi connectivity index (χ1v) is 7.94. The van der Waals surface area contributed by atoms with Crippen LogP contribution in [0.2, 0.25) is 0 Å². The highest BCUT2D eigenvalue weighted by Gasteiger charge is 2.21. The van der Waals surface area contributed by atoms with Gasteiger partial charge in [0.25, 0.3) is 0 Å². The zero-order valence-corrected chi connectivity index (χ0v) is 11.3. The lowest BCUT2D eigenvalue weighted by Gasteiger charge is -2.09. The third-order valence-corrected chi connectivity index (χ3v) is 4.06. The Morgan fingerprint density at radius 1 is 1.35 bits per heavy atom. The molecule has 1 fully saturated rings. The van der Waals surface area contributed by atoms with Gasteiger partial charge in [-0.2, -0.15) is 0 Å². The predicted molar refractivity (Wildman–Crippen MR) is 67.6 cm³/mol. The molecule has 0 aliphatic heterocycles. The van der Waals surface area contributed by atoms with Crippen LogP contribution in [0.3, 0.4) is 0 Å². The Balaban J connectivity index is 2.17. The van der Waals surface area contributed by atoms with Gasteiger partial charge in [0, 0.05) is 12.1 Å². The second-order valence-electron chi connectivity index (χ2n) is 4.90. The standard InChI is InChI=1S/C11H22N2O3S/c1-9(2)13-11(14)8-17(15,16)7-3-6-12-10-4-5-10/h9-10,12H,3-8H2,1-2H3,(H,13,14). The zero-order valence-electron chi connectivity index (χ0n) is 10.5. The summed E-state index contributed by atoms with van der Waals surface area (Å²) in [4.78, 5) is 11.3. The predicted octanol–water partition coefficient (Wildman–Crippen LogP) is 0.0679. The van der Waals surface area contributed by atoms with E-state index in [0.717, 1.165) is 6.54 Å². The molecule has 1 saturated carbocycles. The molecule has 1 aliphatic carbocycles. The second kappa shape index (κ2) is 6.35. The summed E-state index contributed by atoms with van der Waals surface area (Å²) in [6.45, 7) is 4.34. The van der Waals surface area contributed by atoms with E-state index in [-0.39, 0.29) is 11.8 Å². The maximum atomic E-state index is 11.6. The Kier molecular flexibility index (Phi) is 5.39. The van der Waals surface area contributed by atoms with Crippen molar-refractivity contribution in [2.24, 2.45) is 0 Å². The Morgan fingerprint density at radius 2 is 2.00 bits per heavy atom. The van der Waals surface area contributed by atoms with Crippen LogP contribution in [-0.2, 0) is 14.6 Å². The molecule has 0 atom stereocenters. The van der Waals surface area contributed by atoms with Crippen molar-refractivity contribution in [2.75, 3.05) is 18.1 Å². The second-order valence-corrected chi connectivity index (χ2v) is 7.08. The lowest BCUT2D eigenvalue weighted by molar-refractivity contribution is -0.119. The summed E-state index contributed by atoms with van der Waals surface area (Å²) >= 11 is 0. The lowest BCUT2D eigenvalue weighted by Crippen LogP contribution is -2.36. The van der Waals surface area contributed by atoms with Crippen molar-refractivity contribution < 1.29 is 13.2 Å². The van der Waals surface area contributed by atoms with E-state index in [9.17, 15) is 13.2 Å². The maximum absolute atomic E-state index is 11.6. The fourth-order valence-corrected chi connectivity index (χ4v) is 2.73. The van der Waals surface area contributed by atoms with Gasteiger partial charge < -0.3 is 10.6 Å². The van der Waals surface area contributed by atoms with Gasteiger partial charge in [-0.05, 0) is 39.7 Å². The first-order valence-electron chi connectivity index (χ1n) is 6.12. The van der Waals surface area contributed by atoms with E-state index in [0.29, 0.717) is 12.5 Å². The largest absolute Gasteiger partial charge is 0.353 e. The number of amides is 1. The molecule has 0 bridgehead atoms. The molecule has 17 heavy (non-hydrogen) atoms. The Bertz CT molecular complexity index is 348. The van der Waals surface area contributed by atoms with Gasteiger partial charge in [-0.15, -0.1) is 0 Å². The van der Waals surface area contributed by atoms with Gasteiger partial charge in [0.1, 0.15) is 5.75 Å². The quantitative estimate of drug-likeness (QED) is 0.607. The third kappa shape index (κ3) is 7.33. The summed E-state index contributed by atoms with van der Waals surface area (Å²) in [5, 5.41) is 5.83. The van der Waals surface area contributed by atoms with Crippen molar-refractivity contribution >= 4 is 15.7 Å². The highest BCUT2D eigenvalue weighted by molar-refractivity contribution is 7.92. The molecule has 1 amide bonds. The van der Waals surface area contributed by atoms with Crippen LogP contribution >= 0.6 is 0 Å². The van der Waals surface area contributed by atoms with Gasteiger partial charge in [0.05, 0.1) is 5.75 Å². The van der Waals surface area contributed by atoms with E-state index in [4.69, 9.17) is 0 Å². The SMILES string of the molecule is CC(C)NC(=O)CS(=O)(=O)CCCNC1CC1. The van der Waals surface area contributed by atoms with Crippen LogP contribution in [0.1, 0.15) is 33.1 Å². The minimum absolute atomic E-state index is 0.0192. The highest BCUT2D eigenvalue weighted by Crippen LogP contribution is 2.18. The highest BCUT2D eigenvalue weighted by atomic mass is 32.2. The molecule has 0 spiro atoms. The molecule has 1 rings (SSSR count). The number of carbonyl (C=O) groups excluding carboxylic acids is 1. The minimum Gasteiger partial charge on any atom is -0.353 e. The molecule has 0 radical (unpaired) electrons. The fraction of sp³-hybridized carbons (Fsp3) is 0.909. The summed E-state index contributed by atoms with van der Waals surface area (Å²) in [6.07, 6.45) is 2.97. The Labute approximate surface area is 103 Å². The minimum atomic E-state index is -3.26. The summed E-state index contributed by atoms with van der Waals surface area (Å²) < 4.78 is 23.2. The van der Waals surface area contributed by atoms with Gasteiger partial charge in [-0.1, -0.05) is 0 Å². The van der Waals surface area contributed by atoms with Gasteiger partial charge >= 0.3 is 0 Å². The molecular formula is C11H22N2O3S. The average molecular weight is 262 g/mol. The Morgan fingerprint density at radius 3 is 2.53 bits per heavy atom. The van der Waals surface area contributed by atoms with E-state index < -0.39 is 21.5 Å². The molecule has 6 heteroatoms. The number of carbonyl (C=O) groups is 1. The van der Waals surface area contributed by atoms with E-state index in [2.05, 4.69) is 10.6 Å². The number of sulfone groups is 1. The monoisotopic (exact) mass is 262 g/mol. The number of hydrogen-bond acceptors (Lipinski definition) is 4. The van der Waals surface area contributed by atoms with Gasteiger partial charge in [0.15, 0.2) is 9.84 Å². The normalized spacial score (nSPS) is 16.2. The summed E-state index contributed by atoms with van der Waals surface area (Å²) in [5.41, 5.74) is 0. The van der Waals surface area contributed by atoms with Crippen molar-refractivity contribution in [1.82, 2.24) is 10.6 Å². The molecule has 0 unspecified atom stereocenters. The van der Waals surface area contributed by atoms with Crippen LogP contribution in [0.4, 0.5) is 0 Å². The van der Waals surface area contributed by atoms with Gasteiger partial charge in [-0.25, -0.2) is 8.42 Å². The number of hydrogen-bond donors (Lipinski definition) is 2. The van der Waals surface area contributed by atoms with Crippen LogP contribution in [0, 0.1) is 0 Å². The average Bonchev–Trinajstić information content (AvgIpc) is 2.93. The summed E-state index contributed by atoms with van der Waals surface area (Å²) in [7, 11) is -3.26. The van der Waals surface area contributed by atoms with E-state index in [1.807, 2.05) is 13.8 Å². The van der Waals surface area contributed by atoms with Crippen molar-refractivity contribution in [3.8, 4) is 0 Å². The smallest absolute Gasteiger partial charge is 0.235 e. The molecule has 0 saturated heterocycles. The Hall–Kier alpha value is -0.620. The molecule has 0 aromatic carbocycles. The van der Waals surface area contributed by atoms with Crippen LogP contribution < -0.4 is 10.6 Å². The summed E-state index contributed by atoms with van der Waals surface area (Å²) in [6, 6.07) is 0.580. The lowest BCUT2D eigenvalue weighted by atomic mass is 10.4. The van der Waals surface area contributed by atoms with Crippen molar-refractivity contribution in [2.45, 2.75) is 45.2 Å². The van der Waals surface area contributed by atoms with Crippen LogP contribution in [0.15, 0.2) is 0 Å².